The Hall–Kier alpha value is -2.13. The summed E-state index contributed by atoms with van der Waals surface area (Å²) in [5.74, 6) is 0.0823. The fraction of sp³-hybridized carbons (Fsp3) is 0.0909. The van der Waals surface area contributed by atoms with Gasteiger partial charge < -0.3 is 9.05 Å². The van der Waals surface area contributed by atoms with Gasteiger partial charge >= 0.3 is 0 Å². The van der Waals surface area contributed by atoms with Crippen molar-refractivity contribution in [3.05, 3.63) is 36.2 Å². The van der Waals surface area contributed by atoms with Crippen LogP contribution in [-0.2, 0) is 10.0 Å². The monoisotopic (exact) mass is 311 g/mol. The molecule has 3 rings (SSSR count). The molecular weight excluding hydrogens is 302 g/mol. The summed E-state index contributed by atoms with van der Waals surface area (Å²) < 4.78 is 36.4. The lowest BCUT2D eigenvalue weighted by molar-refractivity contribution is 0.422. The first-order chi connectivity index (χ1) is 9.54. The fourth-order valence-electron chi connectivity index (χ4n) is 1.54. The van der Waals surface area contributed by atoms with Crippen LogP contribution in [0.4, 0.5) is 5.88 Å². The van der Waals surface area contributed by atoms with Gasteiger partial charge in [0.05, 0.1) is 10.6 Å². The molecule has 3 heterocycles. The van der Waals surface area contributed by atoms with E-state index < -0.39 is 10.0 Å². The van der Waals surface area contributed by atoms with Gasteiger partial charge in [0, 0.05) is 12.1 Å². The molecule has 0 bridgehead atoms. The molecule has 0 radical (unpaired) electrons. The Morgan fingerprint density at radius 2 is 2.10 bits per heavy atom. The van der Waals surface area contributed by atoms with E-state index in [0.717, 1.165) is 11.3 Å². The molecule has 104 valence electrons. The van der Waals surface area contributed by atoms with Gasteiger partial charge in [0.1, 0.15) is 16.2 Å². The van der Waals surface area contributed by atoms with Gasteiger partial charge in [-0.2, -0.15) is 0 Å². The third kappa shape index (κ3) is 2.45. The zero-order chi connectivity index (χ0) is 14.2. The summed E-state index contributed by atoms with van der Waals surface area (Å²) in [6.45, 7) is 1.70. The number of hydrogen-bond acceptors (Lipinski definition) is 7. The van der Waals surface area contributed by atoms with Crippen LogP contribution in [-0.4, -0.2) is 18.7 Å². The molecule has 0 aromatic carbocycles. The second kappa shape index (κ2) is 4.76. The highest BCUT2D eigenvalue weighted by molar-refractivity contribution is 7.94. The predicted octanol–water partition coefficient (Wildman–Crippen LogP) is 2.50. The number of nitrogens with zero attached hydrogens (tertiary/aromatic N) is 2. The van der Waals surface area contributed by atoms with E-state index >= 15 is 0 Å². The van der Waals surface area contributed by atoms with Crippen molar-refractivity contribution in [3.8, 4) is 10.6 Å². The van der Waals surface area contributed by atoms with Crippen LogP contribution in [0, 0.1) is 6.92 Å². The lowest BCUT2D eigenvalue weighted by atomic mass is 10.3. The highest BCUT2D eigenvalue weighted by atomic mass is 32.2. The first kappa shape index (κ1) is 12.9. The standard InChI is InChI=1S/C11H9N3O4S2/c1-7-6-10(18-12-7)14-20(15,16)11-3-2-9(19-11)8-4-5-17-13-8/h2-6,14H,1H3. The van der Waals surface area contributed by atoms with Gasteiger partial charge in [-0.15, -0.1) is 11.3 Å². The molecule has 0 aliphatic rings. The van der Waals surface area contributed by atoms with Crippen molar-refractivity contribution in [2.24, 2.45) is 0 Å². The number of hydrogen-bond donors (Lipinski definition) is 1. The smallest absolute Gasteiger partial charge is 0.273 e. The fourth-order valence-corrected chi connectivity index (χ4v) is 3.78. The predicted molar refractivity (Wildman–Crippen MR) is 71.9 cm³/mol. The van der Waals surface area contributed by atoms with Crippen LogP contribution < -0.4 is 4.72 Å². The van der Waals surface area contributed by atoms with Gasteiger partial charge in [-0.05, 0) is 19.1 Å². The first-order valence-corrected chi connectivity index (χ1v) is 7.81. The number of rotatable bonds is 4. The lowest BCUT2D eigenvalue weighted by Gasteiger charge is -2.00. The number of sulfonamides is 1. The number of thiophene rings is 1. The Morgan fingerprint density at radius 1 is 1.25 bits per heavy atom. The molecule has 20 heavy (non-hydrogen) atoms. The minimum Gasteiger partial charge on any atom is -0.364 e. The quantitative estimate of drug-likeness (QED) is 0.795. The molecule has 0 fully saturated rings. The van der Waals surface area contributed by atoms with Crippen molar-refractivity contribution in [1.82, 2.24) is 10.3 Å². The molecule has 1 N–H and O–H groups in total. The first-order valence-electron chi connectivity index (χ1n) is 5.51. The zero-order valence-corrected chi connectivity index (χ0v) is 11.9. The summed E-state index contributed by atoms with van der Waals surface area (Å²) >= 11 is 1.09. The van der Waals surface area contributed by atoms with E-state index in [-0.39, 0.29) is 10.1 Å². The minimum atomic E-state index is -3.69. The highest BCUT2D eigenvalue weighted by Crippen LogP contribution is 2.30. The summed E-state index contributed by atoms with van der Waals surface area (Å²) in [6.07, 6.45) is 1.43. The average Bonchev–Trinajstić information content (AvgIpc) is 3.06. The second-order valence-corrected chi connectivity index (χ2v) is 6.93. The summed E-state index contributed by atoms with van der Waals surface area (Å²) in [7, 11) is -3.69. The largest absolute Gasteiger partial charge is 0.364 e. The van der Waals surface area contributed by atoms with E-state index in [1.807, 2.05) is 0 Å². The molecule has 3 aromatic rings. The molecular formula is C11H9N3O4S2. The van der Waals surface area contributed by atoms with Crippen molar-refractivity contribution in [3.63, 3.8) is 0 Å². The van der Waals surface area contributed by atoms with Crippen molar-refractivity contribution < 1.29 is 17.5 Å². The molecule has 0 saturated heterocycles. The second-order valence-electron chi connectivity index (χ2n) is 3.94. The van der Waals surface area contributed by atoms with Gasteiger partial charge in [-0.25, -0.2) is 13.1 Å². The Morgan fingerprint density at radius 3 is 2.75 bits per heavy atom. The van der Waals surface area contributed by atoms with E-state index in [1.54, 1.807) is 19.1 Å². The number of aryl methyl sites for hydroxylation is 1. The Labute approximate surface area is 118 Å². The molecule has 0 spiro atoms. The summed E-state index contributed by atoms with van der Waals surface area (Å²) in [4.78, 5) is 0.702. The molecule has 0 amide bonds. The van der Waals surface area contributed by atoms with Crippen molar-refractivity contribution in [1.29, 1.82) is 0 Å². The summed E-state index contributed by atoms with van der Waals surface area (Å²) in [5, 5.41) is 7.38. The van der Waals surface area contributed by atoms with Crippen LogP contribution in [0.1, 0.15) is 5.69 Å². The lowest BCUT2D eigenvalue weighted by Crippen LogP contribution is -2.10. The van der Waals surface area contributed by atoms with E-state index in [9.17, 15) is 8.42 Å². The van der Waals surface area contributed by atoms with Crippen molar-refractivity contribution in [2.45, 2.75) is 11.1 Å². The number of anilines is 1. The van der Waals surface area contributed by atoms with Crippen LogP contribution >= 0.6 is 11.3 Å². The maximum Gasteiger partial charge on any atom is 0.273 e. The molecule has 0 aliphatic heterocycles. The van der Waals surface area contributed by atoms with E-state index in [1.165, 1.54) is 18.4 Å². The zero-order valence-electron chi connectivity index (χ0n) is 10.2. The maximum atomic E-state index is 12.2. The molecule has 0 saturated carbocycles. The van der Waals surface area contributed by atoms with Crippen LogP contribution in [0.3, 0.4) is 0 Å². The van der Waals surface area contributed by atoms with Crippen LogP contribution in [0.2, 0.25) is 0 Å². The molecule has 3 aromatic heterocycles. The van der Waals surface area contributed by atoms with Gasteiger partial charge in [0.25, 0.3) is 10.0 Å². The van der Waals surface area contributed by atoms with E-state index in [0.29, 0.717) is 16.3 Å². The van der Waals surface area contributed by atoms with Crippen molar-refractivity contribution >= 4 is 27.2 Å². The van der Waals surface area contributed by atoms with Gasteiger partial charge in [-0.1, -0.05) is 10.3 Å². The Kier molecular flexibility index (Phi) is 3.07. The molecule has 7 nitrogen and oxygen atoms in total. The number of aromatic nitrogens is 2. The topological polar surface area (TPSA) is 98.2 Å². The summed E-state index contributed by atoms with van der Waals surface area (Å²) in [5.41, 5.74) is 1.18. The van der Waals surface area contributed by atoms with E-state index in [4.69, 9.17) is 9.05 Å². The van der Waals surface area contributed by atoms with Crippen LogP contribution in [0.25, 0.3) is 10.6 Å². The van der Waals surface area contributed by atoms with Gasteiger partial charge in [-0.3, -0.25) is 0 Å². The Balaban J connectivity index is 1.88. The molecule has 0 unspecified atom stereocenters. The third-order valence-corrected chi connectivity index (χ3v) is 5.35. The van der Waals surface area contributed by atoms with Crippen LogP contribution in [0.5, 0.6) is 0 Å². The number of nitrogens with one attached hydrogen (secondary N) is 1. The Bertz CT molecular complexity index is 818. The van der Waals surface area contributed by atoms with Gasteiger partial charge in [0.2, 0.25) is 5.88 Å². The SMILES string of the molecule is Cc1cc(NS(=O)(=O)c2ccc(-c3ccon3)s2)on1. The molecule has 0 aliphatic carbocycles. The molecule has 9 heteroatoms. The third-order valence-electron chi connectivity index (χ3n) is 2.40. The summed E-state index contributed by atoms with van der Waals surface area (Å²) in [6, 6.07) is 6.34. The minimum absolute atomic E-state index is 0.0823. The highest BCUT2D eigenvalue weighted by Gasteiger charge is 2.20. The van der Waals surface area contributed by atoms with Crippen LogP contribution in [0.15, 0.2) is 43.8 Å². The normalized spacial score (nSPS) is 11.7. The molecule has 0 atom stereocenters. The van der Waals surface area contributed by atoms with Gasteiger partial charge in [0.15, 0.2) is 0 Å². The van der Waals surface area contributed by atoms with E-state index in [2.05, 4.69) is 15.0 Å². The average molecular weight is 311 g/mol. The maximum absolute atomic E-state index is 12.2. The van der Waals surface area contributed by atoms with Crippen molar-refractivity contribution in [2.75, 3.05) is 4.72 Å².